The molecule has 4 rings (SSSR count). The third-order valence-corrected chi connectivity index (χ3v) is 4.47. The smallest absolute Gasteiger partial charge is 0.410 e. The number of hydrogen-bond donors (Lipinski definition) is 2. The van der Waals surface area contributed by atoms with E-state index in [1.165, 1.54) is 6.42 Å². The monoisotopic (exact) mass is 334 g/mol. The second-order valence-electron chi connectivity index (χ2n) is 5.81. The molecule has 1 aromatic carbocycles. The van der Waals surface area contributed by atoms with Gasteiger partial charge in [-0.25, -0.2) is 0 Å². The summed E-state index contributed by atoms with van der Waals surface area (Å²) in [4.78, 5) is 12.3. The molecule has 1 aromatic heterocycles. The third kappa shape index (κ3) is 3.02. The molecule has 7 nitrogen and oxygen atoms in total. The topological polar surface area (TPSA) is 89.3 Å². The van der Waals surface area contributed by atoms with E-state index in [0.29, 0.717) is 23.4 Å². The lowest BCUT2D eigenvalue weighted by atomic mass is 9.95. The number of rotatable bonds is 4. The maximum absolute atomic E-state index is 12.3. The Kier molecular flexibility index (Phi) is 3.66. The van der Waals surface area contributed by atoms with Gasteiger partial charge in [-0.15, -0.1) is 0 Å². The molecule has 3 atom stereocenters. The molecule has 8 heteroatoms. The number of fused-ring (bicyclic) bond motifs is 2. The molecule has 2 N–H and O–H groups in total. The minimum atomic E-state index is -0.0875. The normalized spacial score (nSPS) is 25.5. The first-order valence-corrected chi connectivity index (χ1v) is 7.89. The molecule has 2 aliphatic heterocycles. The first kappa shape index (κ1) is 14.5. The lowest BCUT2D eigenvalue weighted by Gasteiger charge is -2.21. The molecule has 0 saturated carbocycles. The number of ether oxygens (including phenoxy) is 1. The lowest BCUT2D eigenvalue weighted by molar-refractivity contribution is 0.0931. The Morgan fingerprint density at radius 1 is 1.30 bits per heavy atom. The Morgan fingerprint density at radius 2 is 2.13 bits per heavy atom. The zero-order chi connectivity index (χ0) is 15.8. The maximum atomic E-state index is 12.3. The molecule has 2 fully saturated rings. The molecule has 3 heterocycles. The van der Waals surface area contributed by atoms with E-state index >= 15 is 0 Å². The van der Waals surface area contributed by atoms with E-state index in [-0.39, 0.29) is 23.4 Å². The Hall–Kier alpha value is -2.12. The maximum Gasteiger partial charge on any atom is 0.421 e. The quantitative estimate of drug-likeness (QED) is 0.890. The van der Waals surface area contributed by atoms with Gasteiger partial charge >= 0.3 is 11.4 Å². The molecule has 0 aliphatic carbocycles. The van der Waals surface area contributed by atoms with Crippen molar-refractivity contribution in [3.8, 4) is 11.8 Å². The van der Waals surface area contributed by atoms with Crippen LogP contribution in [0.25, 0.3) is 0 Å². The van der Waals surface area contributed by atoms with Crippen molar-refractivity contribution in [2.24, 2.45) is 0 Å². The third-order valence-electron chi connectivity index (χ3n) is 4.32. The van der Waals surface area contributed by atoms with Crippen molar-refractivity contribution in [3.63, 3.8) is 0 Å². The molecule has 23 heavy (non-hydrogen) atoms. The lowest BCUT2D eigenvalue weighted by Crippen LogP contribution is -2.42. The van der Waals surface area contributed by atoms with Crippen molar-refractivity contribution >= 4 is 17.5 Å². The molecule has 2 aliphatic rings. The van der Waals surface area contributed by atoms with Gasteiger partial charge in [-0.3, -0.25) is 4.79 Å². The molecular weight excluding hydrogens is 320 g/mol. The highest BCUT2D eigenvalue weighted by Gasteiger charge is 2.39. The van der Waals surface area contributed by atoms with Crippen LogP contribution in [0.4, 0.5) is 0 Å². The number of nitrogens with zero attached hydrogens (tertiary/aromatic N) is 2. The number of amides is 1. The molecule has 3 unspecified atom stereocenters. The summed E-state index contributed by atoms with van der Waals surface area (Å²) in [6, 6.07) is 7.93. The zero-order valence-corrected chi connectivity index (χ0v) is 12.9. The fourth-order valence-electron chi connectivity index (χ4n) is 3.24. The van der Waals surface area contributed by atoms with Crippen LogP contribution >= 0.6 is 11.6 Å². The van der Waals surface area contributed by atoms with E-state index in [2.05, 4.69) is 20.8 Å². The van der Waals surface area contributed by atoms with Gasteiger partial charge in [0.1, 0.15) is 5.75 Å². The van der Waals surface area contributed by atoms with E-state index in [0.717, 1.165) is 12.8 Å². The van der Waals surface area contributed by atoms with E-state index in [4.69, 9.17) is 20.8 Å². The highest BCUT2D eigenvalue weighted by Crippen LogP contribution is 2.28. The average molecular weight is 335 g/mol. The minimum absolute atomic E-state index is 0.0414. The number of benzene rings is 1. The predicted molar refractivity (Wildman–Crippen MR) is 81.6 cm³/mol. The molecule has 120 valence electrons. The van der Waals surface area contributed by atoms with Crippen molar-refractivity contribution in [1.29, 1.82) is 0 Å². The molecule has 1 amide bonds. The second-order valence-corrected chi connectivity index (χ2v) is 6.13. The highest BCUT2D eigenvalue weighted by atomic mass is 35.5. The van der Waals surface area contributed by atoms with Crippen molar-refractivity contribution in [2.45, 2.75) is 37.4 Å². The van der Waals surface area contributed by atoms with Crippen molar-refractivity contribution < 1.29 is 13.9 Å². The van der Waals surface area contributed by atoms with Gasteiger partial charge in [0.15, 0.2) is 0 Å². The van der Waals surface area contributed by atoms with Crippen LogP contribution in [0.5, 0.6) is 11.8 Å². The van der Waals surface area contributed by atoms with E-state index < -0.39 is 0 Å². The Labute approximate surface area is 137 Å². The van der Waals surface area contributed by atoms with Gasteiger partial charge in [0.25, 0.3) is 5.91 Å². The Balaban J connectivity index is 1.38. The van der Waals surface area contributed by atoms with Gasteiger partial charge in [0.2, 0.25) is 0 Å². The summed E-state index contributed by atoms with van der Waals surface area (Å²) in [6.45, 7) is 0. The molecule has 0 radical (unpaired) electrons. The molecule has 2 saturated heterocycles. The van der Waals surface area contributed by atoms with Crippen LogP contribution in [0.2, 0.25) is 5.35 Å². The van der Waals surface area contributed by atoms with Crippen LogP contribution in [0.3, 0.4) is 0 Å². The Bertz CT molecular complexity index is 718. The SMILES string of the molecule is O=C(NC1CC2CCC1N2)c1ccc(Oc2nnc(Cl)o2)cc1. The van der Waals surface area contributed by atoms with Crippen molar-refractivity contribution in [1.82, 2.24) is 20.8 Å². The van der Waals surface area contributed by atoms with Crippen LogP contribution in [0.15, 0.2) is 28.7 Å². The molecule has 2 aromatic rings. The van der Waals surface area contributed by atoms with Gasteiger partial charge in [-0.2, -0.15) is 0 Å². The van der Waals surface area contributed by atoms with Crippen LogP contribution < -0.4 is 15.4 Å². The van der Waals surface area contributed by atoms with Gasteiger partial charge < -0.3 is 19.8 Å². The van der Waals surface area contributed by atoms with Gasteiger partial charge in [0, 0.05) is 23.7 Å². The van der Waals surface area contributed by atoms with Crippen molar-refractivity contribution in [3.05, 3.63) is 35.2 Å². The first-order valence-electron chi connectivity index (χ1n) is 7.51. The Morgan fingerprint density at radius 3 is 2.74 bits per heavy atom. The van der Waals surface area contributed by atoms with Gasteiger partial charge in [-0.05, 0) is 55.1 Å². The minimum Gasteiger partial charge on any atom is -0.410 e. The van der Waals surface area contributed by atoms with E-state index in [9.17, 15) is 4.79 Å². The number of halogens is 1. The number of carbonyl (C=O) groups is 1. The first-order chi connectivity index (χ1) is 11.2. The summed E-state index contributed by atoms with van der Waals surface area (Å²) in [5, 5.41) is 13.6. The predicted octanol–water partition coefficient (Wildman–Crippen LogP) is 2.14. The largest absolute Gasteiger partial charge is 0.421 e. The van der Waals surface area contributed by atoms with E-state index in [1.807, 2.05) is 0 Å². The standard InChI is InChI=1S/C15H15ClN4O3/c16-14-19-20-15(23-14)22-10-4-1-8(2-5-10)13(21)18-12-7-9-3-6-11(12)17-9/h1-2,4-5,9,11-12,17H,3,6-7H2,(H,18,21). The molecular formula is C15H15ClN4O3. The van der Waals surface area contributed by atoms with Crippen molar-refractivity contribution in [2.75, 3.05) is 0 Å². The zero-order valence-electron chi connectivity index (χ0n) is 12.2. The van der Waals surface area contributed by atoms with Crippen LogP contribution in [-0.2, 0) is 0 Å². The summed E-state index contributed by atoms with van der Waals surface area (Å²) >= 11 is 5.52. The fourth-order valence-corrected chi connectivity index (χ4v) is 3.35. The number of nitrogens with one attached hydrogen (secondary N) is 2. The van der Waals surface area contributed by atoms with Crippen LogP contribution in [-0.4, -0.2) is 34.2 Å². The summed E-state index contributed by atoms with van der Waals surface area (Å²) in [6.07, 6.45) is 3.31. The fraction of sp³-hybridized carbons (Fsp3) is 0.400. The average Bonchev–Trinajstić information content (AvgIpc) is 3.25. The second kappa shape index (κ2) is 5.82. The number of aromatic nitrogens is 2. The number of hydrogen-bond acceptors (Lipinski definition) is 6. The highest BCUT2D eigenvalue weighted by molar-refractivity contribution is 6.27. The summed E-state index contributed by atoms with van der Waals surface area (Å²) in [5.74, 6) is 0.417. The summed E-state index contributed by atoms with van der Waals surface area (Å²) in [5.41, 5.74) is 0.587. The van der Waals surface area contributed by atoms with Gasteiger partial charge in [-0.1, -0.05) is 10.2 Å². The van der Waals surface area contributed by atoms with Crippen LogP contribution in [0, 0.1) is 0 Å². The summed E-state index contributed by atoms with van der Waals surface area (Å²) in [7, 11) is 0. The number of carbonyl (C=O) groups excluding carboxylic acids is 1. The molecule has 0 spiro atoms. The van der Waals surface area contributed by atoms with Crippen LogP contribution in [0.1, 0.15) is 29.6 Å². The van der Waals surface area contributed by atoms with Gasteiger partial charge in [0.05, 0.1) is 0 Å². The van der Waals surface area contributed by atoms with E-state index in [1.54, 1.807) is 24.3 Å². The summed E-state index contributed by atoms with van der Waals surface area (Å²) < 4.78 is 10.3. The molecule has 2 bridgehead atoms.